The van der Waals surface area contributed by atoms with Gasteiger partial charge in [-0.1, -0.05) is 42.5 Å². The molecule has 0 saturated carbocycles. The van der Waals surface area contributed by atoms with E-state index in [-0.39, 0.29) is 5.76 Å². The third-order valence-corrected chi connectivity index (χ3v) is 4.49. The van der Waals surface area contributed by atoms with E-state index < -0.39 is 5.41 Å². The van der Waals surface area contributed by atoms with Gasteiger partial charge in [0.15, 0.2) is 0 Å². The zero-order valence-electron chi connectivity index (χ0n) is 14.1. The maximum Gasteiger partial charge on any atom is 0.137 e. The van der Waals surface area contributed by atoms with Crippen LogP contribution in [0.2, 0.25) is 0 Å². The smallest absolute Gasteiger partial charge is 0.137 e. The van der Waals surface area contributed by atoms with Crippen LogP contribution in [0.5, 0.6) is 0 Å². The number of anilines is 2. The number of para-hydroxylation sites is 2. The standard InChI is InChI=1S/C20H22N2O2/c1-4-9-18(23)19(22-24-3)20(2)14-10-5-7-12-16(14)21-17-13-8-6-11-15(17)20/h4-13,21-23H,1-3H3/b9-4-,19-18+. The van der Waals surface area contributed by atoms with Gasteiger partial charge in [0.2, 0.25) is 0 Å². The van der Waals surface area contributed by atoms with E-state index in [1.54, 1.807) is 19.3 Å². The van der Waals surface area contributed by atoms with Gasteiger partial charge in [0.1, 0.15) is 5.76 Å². The lowest BCUT2D eigenvalue weighted by molar-refractivity contribution is 0.103. The quantitative estimate of drug-likeness (QED) is 0.439. The van der Waals surface area contributed by atoms with Gasteiger partial charge in [0.25, 0.3) is 0 Å². The molecule has 2 aromatic carbocycles. The number of aliphatic hydroxyl groups excluding tert-OH is 1. The topological polar surface area (TPSA) is 53.5 Å². The number of hydrogen-bond acceptors (Lipinski definition) is 4. The fraction of sp³-hybridized carbons (Fsp3) is 0.200. The summed E-state index contributed by atoms with van der Waals surface area (Å²) in [5.74, 6) is 0.147. The zero-order valence-corrected chi connectivity index (χ0v) is 14.1. The third-order valence-electron chi connectivity index (χ3n) is 4.49. The van der Waals surface area contributed by atoms with Crippen molar-refractivity contribution in [1.82, 2.24) is 5.48 Å². The number of fused-ring (bicyclic) bond motifs is 2. The van der Waals surface area contributed by atoms with Gasteiger partial charge in [0, 0.05) is 11.4 Å². The molecule has 1 heterocycles. The molecule has 24 heavy (non-hydrogen) atoms. The van der Waals surface area contributed by atoms with Crippen LogP contribution in [0.25, 0.3) is 0 Å². The highest BCUT2D eigenvalue weighted by molar-refractivity contribution is 5.77. The monoisotopic (exact) mass is 322 g/mol. The number of allylic oxidation sites excluding steroid dienone is 3. The van der Waals surface area contributed by atoms with Crippen LogP contribution in [-0.2, 0) is 10.3 Å². The summed E-state index contributed by atoms with van der Waals surface area (Å²) < 4.78 is 0. The molecule has 4 nitrogen and oxygen atoms in total. The van der Waals surface area contributed by atoms with Crippen molar-refractivity contribution in [3.8, 4) is 0 Å². The number of nitrogens with one attached hydrogen (secondary N) is 2. The van der Waals surface area contributed by atoms with Gasteiger partial charge in [0.05, 0.1) is 18.2 Å². The molecule has 0 atom stereocenters. The number of benzene rings is 2. The van der Waals surface area contributed by atoms with Gasteiger partial charge in [-0.25, -0.2) is 0 Å². The van der Waals surface area contributed by atoms with Gasteiger partial charge in [-0.2, -0.15) is 0 Å². The van der Waals surface area contributed by atoms with Crippen LogP contribution in [0.3, 0.4) is 0 Å². The predicted molar refractivity (Wildman–Crippen MR) is 97.2 cm³/mol. The molecule has 0 spiro atoms. The Hall–Kier alpha value is -2.72. The summed E-state index contributed by atoms with van der Waals surface area (Å²) in [5.41, 5.74) is 7.10. The molecule has 0 aromatic heterocycles. The normalized spacial score (nSPS) is 16.0. The second-order valence-corrected chi connectivity index (χ2v) is 5.91. The molecule has 0 fully saturated rings. The Bertz CT molecular complexity index is 763. The van der Waals surface area contributed by atoms with Crippen molar-refractivity contribution in [3.05, 3.63) is 83.3 Å². The first-order valence-electron chi connectivity index (χ1n) is 7.94. The van der Waals surface area contributed by atoms with E-state index in [2.05, 4.69) is 29.9 Å². The number of hydrogen-bond donors (Lipinski definition) is 3. The molecule has 0 amide bonds. The fourth-order valence-electron chi connectivity index (χ4n) is 3.37. The summed E-state index contributed by atoms with van der Waals surface area (Å²) >= 11 is 0. The minimum Gasteiger partial charge on any atom is -0.506 e. The highest BCUT2D eigenvalue weighted by Crippen LogP contribution is 2.49. The third kappa shape index (κ3) is 2.45. The molecule has 0 aliphatic carbocycles. The second-order valence-electron chi connectivity index (χ2n) is 5.91. The molecule has 0 radical (unpaired) electrons. The van der Waals surface area contributed by atoms with E-state index in [9.17, 15) is 5.11 Å². The molecule has 2 aromatic rings. The molecular weight excluding hydrogens is 300 g/mol. The largest absolute Gasteiger partial charge is 0.506 e. The first-order valence-corrected chi connectivity index (χ1v) is 7.94. The van der Waals surface area contributed by atoms with E-state index in [0.717, 1.165) is 22.5 Å². The van der Waals surface area contributed by atoms with Crippen molar-refractivity contribution >= 4 is 11.4 Å². The maximum absolute atomic E-state index is 10.6. The molecule has 0 unspecified atom stereocenters. The van der Waals surface area contributed by atoms with E-state index in [0.29, 0.717) is 5.70 Å². The number of rotatable bonds is 4. The van der Waals surface area contributed by atoms with Crippen molar-refractivity contribution in [2.45, 2.75) is 19.3 Å². The Morgan fingerprint density at radius 2 is 1.62 bits per heavy atom. The summed E-state index contributed by atoms with van der Waals surface area (Å²) in [6.07, 6.45) is 3.47. The van der Waals surface area contributed by atoms with Crippen LogP contribution in [0.1, 0.15) is 25.0 Å². The first kappa shape index (κ1) is 16.1. The first-order chi connectivity index (χ1) is 11.6. The van der Waals surface area contributed by atoms with Gasteiger partial charge >= 0.3 is 0 Å². The minimum absolute atomic E-state index is 0.147. The average Bonchev–Trinajstić information content (AvgIpc) is 2.60. The summed E-state index contributed by atoms with van der Waals surface area (Å²) in [6, 6.07) is 16.2. The van der Waals surface area contributed by atoms with E-state index in [4.69, 9.17) is 4.84 Å². The van der Waals surface area contributed by atoms with Crippen molar-refractivity contribution < 1.29 is 9.94 Å². The molecule has 1 aliphatic rings. The summed E-state index contributed by atoms with van der Waals surface area (Å²) in [5, 5.41) is 14.1. The summed E-state index contributed by atoms with van der Waals surface area (Å²) in [6.45, 7) is 3.96. The molecule has 124 valence electrons. The Morgan fingerprint density at radius 3 is 2.12 bits per heavy atom. The summed E-state index contributed by atoms with van der Waals surface area (Å²) in [4.78, 5) is 5.20. The van der Waals surface area contributed by atoms with Gasteiger partial charge < -0.3 is 10.4 Å². The Balaban J connectivity index is 2.33. The lowest BCUT2D eigenvalue weighted by Gasteiger charge is -2.40. The predicted octanol–water partition coefficient (Wildman–Crippen LogP) is 4.55. The van der Waals surface area contributed by atoms with Crippen LogP contribution < -0.4 is 10.8 Å². The van der Waals surface area contributed by atoms with Crippen LogP contribution >= 0.6 is 0 Å². The fourth-order valence-corrected chi connectivity index (χ4v) is 3.37. The molecule has 1 aliphatic heterocycles. The van der Waals surface area contributed by atoms with E-state index >= 15 is 0 Å². The summed E-state index contributed by atoms with van der Waals surface area (Å²) in [7, 11) is 1.55. The van der Waals surface area contributed by atoms with E-state index in [1.165, 1.54) is 0 Å². The van der Waals surface area contributed by atoms with Gasteiger partial charge in [-0.3, -0.25) is 10.3 Å². The molecule has 0 bridgehead atoms. The maximum atomic E-state index is 10.6. The molecule has 3 rings (SSSR count). The minimum atomic E-state index is -0.585. The van der Waals surface area contributed by atoms with Crippen LogP contribution in [-0.4, -0.2) is 12.2 Å². The number of hydroxylamine groups is 1. The van der Waals surface area contributed by atoms with E-state index in [1.807, 2.05) is 43.3 Å². The Morgan fingerprint density at radius 1 is 1.08 bits per heavy atom. The average molecular weight is 322 g/mol. The van der Waals surface area contributed by atoms with Crippen molar-refractivity contribution in [3.63, 3.8) is 0 Å². The molecule has 3 N–H and O–H groups in total. The van der Waals surface area contributed by atoms with Gasteiger partial charge in [-0.15, -0.1) is 0 Å². The number of aliphatic hydroxyl groups is 1. The lowest BCUT2D eigenvalue weighted by Crippen LogP contribution is -2.38. The Labute approximate surface area is 142 Å². The molecular formula is C20H22N2O2. The van der Waals surface area contributed by atoms with Crippen LogP contribution in [0.4, 0.5) is 11.4 Å². The van der Waals surface area contributed by atoms with Crippen molar-refractivity contribution in [1.29, 1.82) is 0 Å². The van der Waals surface area contributed by atoms with Gasteiger partial charge in [-0.05, 0) is 43.2 Å². The van der Waals surface area contributed by atoms with Crippen LogP contribution in [0.15, 0.2) is 72.1 Å². The Kier molecular flexibility index (Phi) is 4.32. The van der Waals surface area contributed by atoms with Crippen molar-refractivity contribution in [2.75, 3.05) is 12.4 Å². The molecule has 0 saturated heterocycles. The highest BCUT2D eigenvalue weighted by Gasteiger charge is 2.41. The SMILES string of the molecule is C/C=C\C(O)=C(/NOC)C1(C)c2ccccc2Nc2ccccc21. The van der Waals surface area contributed by atoms with Crippen molar-refractivity contribution in [2.24, 2.45) is 0 Å². The lowest BCUT2D eigenvalue weighted by atomic mass is 9.70. The second kappa shape index (κ2) is 6.42. The zero-order chi connectivity index (χ0) is 17.2. The highest BCUT2D eigenvalue weighted by atomic mass is 16.6. The molecule has 4 heteroatoms. The van der Waals surface area contributed by atoms with Crippen LogP contribution in [0, 0.1) is 0 Å².